The number of hydrogen-bond acceptors (Lipinski definition) is 1. The molecule has 3 nitrogen and oxygen atoms in total. The maximum atomic E-state index is 4.84. The van der Waals surface area contributed by atoms with Crippen LogP contribution >= 0.6 is 15.8 Å². The zero-order chi connectivity index (χ0) is 25.4. The molecule has 182 valence electrons. The molecule has 0 amide bonds. The molecule has 0 saturated heterocycles. The van der Waals surface area contributed by atoms with Crippen molar-refractivity contribution in [3.05, 3.63) is 64.6 Å². The van der Waals surface area contributed by atoms with Gasteiger partial charge in [-0.3, -0.25) is 0 Å². The summed E-state index contributed by atoms with van der Waals surface area (Å²) in [5.41, 5.74) is 3.22. The second-order valence-corrected chi connectivity index (χ2v) is 25.3. The Balaban J connectivity index is 0. The van der Waals surface area contributed by atoms with E-state index in [0.29, 0.717) is 15.8 Å². The molecular formula is C24H45N3P2Si2W-2. The first-order valence-corrected chi connectivity index (χ1v) is 24.3. The summed E-state index contributed by atoms with van der Waals surface area (Å²) in [4.78, 5) is 9.69. The zero-order valence-electron chi connectivity index (χ0n) is 22.3. The van der Waals surface area contributed by atoms with E-state index in [1.807, 2.05) is 42.5 Å². The van der Waals surface area contributed by atoms with E-state index in [1.165, 1.54) is 19.6 Å². The van der Waals surface area contributed by atoms with Crippen LogP contribution in [0, 0.1) is 0 Å². The minimum atomic E-state index is -1.42. The fourth-order valence-electron chi connectivity index (χ4n) is 1.86. The van der Waals surface area contributed by atoms with Crippen LogP contribution in [0.5, 0.6) is 0 Å². The summed E-state index contributed by atoms with van der Waals surface area (Å²) < 4.78 is 4.05. The number of nitrogens with zero attached hydrogens (tertiary/aromatic N) is 3. The van der Waals surface area contributed by atoms with Crippen molar-refractivity contribution in [1.29, 1.82) is 0 Å². The molecule has 0 fully saturated rings. The minimum absolute atomic E-state index is 0.380. The molecule has 0 saturated carbocycles. The maximum absolute atomic E-state index is 4.84. The third-order valence-corrected chi connectivity index (χ3v) is 5.24. The standard InChI is InChI=1S/C12H22N2Si2.C6H5N.2C3H9P.W/c1-15(2,3)13-11-9-7-8-10-12(11)14-16(4,5)6;7-6-4-2-1-3-5-6;2*1-4(2)3;/h7-10H,1-6H3;1-5H;2*1-3H3;/q-2;;;;. The predicted octanol–water partition coefficient (Wildman–Crippen LogP) is 10.1. The van der Waals surface area contributed by atoms with Crippen molar-refractivity contribution in [1.82, 2.24) is 0 Å². The molecule has 0 atom stereocenters. The predicted molar refractivity (Wildman–Crippen MR) is 157 cm³/mol. The number of rotatable bonds is 5. The van der Waals surface area contributed by atoms with Gasteiger partial charge >= 0.3 is 59.1 Å². The van der Waals surface area contributed by atoms with Gasteiger partial charge in [0.2, 0.25) is 0 Å². The molecule has 0 spiro atoms. The van der Waals surface area contributed by atoms with Gasteiger partial charge in [-0.2, -0.15) is 11.4 Å². The van der Waals surface area contributed by atoms with Crippen LogP contribution in [0.4, 0.5) is 17.1 Å². The van der Waals surface area contributed by atoms with Crippen LogP contribution in [0.25, 0.3) is 9.96 Å². The fourth-order valence-corrected chi connectivity index (χ4v) is 4.13. The van der Waals surface area contributed by atoms with E-state index >= 15 is 0 Å². The van der Waals surface area contributed by atoms with Crippen molar-refractivity contribution < 1.29 is 19.6 Å². The Hall–Kier alpha value is -0.178. The molecule has 2 aromatic rings. The molecule has 32 heavy (non-hydrogen) atoms. The van der Waals surface area contributed by atoms with Crippen LogP contribution in [0.15, 0.2) is 58.1 Å². The molecule has 0 aliphatic heterocycles. The fraction of sp³-hybridized carbons (Fsp3) is 0.500. The number of hydrogen-bond donors (Lipinski definition) is 0. The Morgan fingerprint density at radius 1 is 0.594 bits per heavy atom. The van der Waals surface area contributed by atoms with Gasteiger partial charge in [-0.25, -0.2) is 0 Å². The summed E-state index contributed by atoms with van der Waals surface area (Å²) in [5.74, 6) is 0. The number of benzene rings is 2. The molecule has 8 heteroatoms. The average Bonchev–Trinajstić information content (AvgIpc) is 2.61. The molecule has 2 aromatic carbocycles. The summed E-state index contributed by atoms with van der Waals surface area (Å²) in [6, 6.07) is 18.2. The Labute approximate surface area is 215 Å². The molecule has 0 aliphatic carbocycles. The van der Waals surface area contributed by atoms with E-state index in [1.54, 1.807) is 0 Å². The topological polar surface area (TPSA) is 40.6 Å². The molecule has 0 N–H and O–H groups in total. The molecule has 2 rings (SSSR count). The van der Waals surface area contributed by atoms with Crippen molar-refractivity contribution in [3.63, 3.8) is 0 Å². The summed E-state index contributed by atoms with van der Waals surface area (Å²) >= 11 is 1.26. The van der Waals surface area contributed by atoms with E-state index in [9.17, 15) is 0 Å². The van der Waals surface area contributed by atoms with Crippen molar-refractivity contribution in [2.24, 2.45) is 3.50 Å². The second kappa shape index (κ2) is 18.2. The molecule has 0 radical (unpaired) electrons. The monoisotopic (exact) mass is 677 g/mol. The van der Waals surface area contributed by atoms with Gasteiger partial charge in [-0.05, 0) is 56.5 Å². The van der Waals surface area contributed by atoms with E-state index in [2.05, 4.69) is 94.9 Å². The first-order chi connectivity index (χ1) is 14.6. The summed E-state index contributed by atoms with van der Waals surface area (Å²) in [6.07, 6.45) is 0. The van der Waals surface area contributed by atoms with Crippen LogP contribution in [0.2, 0.25) is 39.3 Å². The van der Waals surface area contributed by atoms with E-state index in [0.717, 1.165) is 17.1 Å². The van der Waals surface area contributed by atoms with Crippen molar-refractivity contribution >= 4 is 49.4 Å². The summed E-state index contributed by atoms with van der Waals surface area (Å²) in [5, 5.41) is 0. The third kappa shape index (κ3) is 26.1. The van der Waals surface area contributed by atoms with E-state index < -0.39 is 16.5 Å². The van der Waals surface area contributed by atoms with E-state index in [-0.39, 0.29) is 0 Å². The van der Waals surface area contributed by atoms with Crippen LogP contribution < -0.4 is 0 Å². The Bertz CT molecular complexity index is 686. The Morgan fingerprint density at radius 3 is 1.09 bits per heavy atom. The second-order valence-electron chi connectivity index (χ2n) is 10.2. The van der Waals surface area contributed by atoms with Crippen molar-refractivity contribution in [2.45, 2.75) is 39.3 Å². The van der Waals surface area contributed by atoms with Crippen LogP contribution in [0.3, 0.4) is 0 Å². The Kier molecular flexibility index (Phi) is 19.3. The summed E-state index contributed by atoms with van der Waals surface area (Å²) in [7, 11) is -2.09. The van der Waals surface area contributed by atoms with Gasteiger partial charge in [-0.15, -0.1) is 15.8 Å². The van der Waals surface area contributed by atoms with Crippen LogP contribution in [0.1, 0.15) is 0 Å². The summed E-state index contributed by atoms with van der Waals surface area (Å²) in [6.45, 7) is 26.9. The molecule has 0 unspecified atom stereocenters. The first-order valence-electron chi connectivity index (χ1n) is 10.7. The average molecular weight is 678 g/mol. The van der Waals surface area contributed by atoms with Crippen molar-refractivity contribution in [3.8, 4) is 0 Å². The normalized spacial score (nSPS) is 10.6. The molecule has 0 aromatic heterocycles. The van der Waals surface area contributed by atoms with Gasteiger partial charge in [0.15, 0.2) is 0 Å². The molecule has 0 heterocycles. The van der Waals surface area contributed by atoms with Gasteiger partial charge in [0.1, 0.15) is 0 Å². The van der Waals surface area contributed by atoms with Gasteiger partial charge in [0.05, 0.1) is 0 Å². The third-order valence-electron chi connectivity index (χ3n) is 2.66. The van der Waals surface area contributed by atoms with Crippen LogP contribution in [-0.4, -0.2) is 56.5 Å². The Morgan fingerprint density at radius 2 is 0.875 bits per heavy atom. The first kappa shape index (κ1) is 34.0. The van der Waals surface area contributed by atoms with Crippen LogP contribution in [-0.2, 0) is 19.6 Å². The molecule has 0 bridgehead atoms. The molecule has 0 aliphatic rings. The van der Waals surface area contributed by atoms with Crippen molar-refractivity contribution in [2.75, 3.05) is 40.0 Å². The quantitative estimate of drug-likeness (QED) is 0.223. The van der Waals surface area contributed by atoms with Gasteiger partial charge in [0, 0.05) is 0 Å². The molecular weight excluding hydrogens is 632 g/mol. The van der Waals surface area contributed by atoms with E-state index in [4.69, 9.17) is 9.96 Å². The van der Waals surface area contributed by atoms with Gasteiger partial charge < -0.3 is 9.96 Å². The van der Waals surface area contributed by atoms with Gasteiger partial charge in [0.25, 0.3) is 0 Å². The SMILES string of the molecule is CP(C)C.CP(C)C.C[Si](C)(C)[N-]c1ccccc1[N-][Si](C)(C)C.[W]=[N]c1ccccc1. The zero-order valence-corrected chi connectivity index (χ0v) is 29.1. The van der Waals surface area contributed by atoms with Gasteiger partial charge in [-0.1, -0.05) is 63.5 Å².